The highest BCUT2D eigenvalue weighted by Crippen LogP contribution is 2.39. The third-order valence-electron chi connectivity index (χ3n) is 6.36. The zero-order valence-corrected chi connectivity index (χ0v) is 19.2. The summed E-state index contributed by atoms with van der Waals surface area (Å²) < 4.78 is 7.07. The van der Waals surface area contributed by atoms with Crippen LogP contribution in [0, 0.1) is 19.8 Å². The van der Waals surface area contributed by atoms with Crippen molar-refractivity contribution in [3.8, 4) is 11.5 Å². The van der Waals surface area contributed by atoms with Gasteiger partial charge in [0.15, 0.2) is 5.82 Å². The largest absolute Gasteiger partial charge is 0.396 e. The topological polar surface area (TPSA) is 158 Å². The van der Waals surface area contributed by atoms with Crippen molar-refractivity contribution in [3.05, 3.63) is 52.1 Å². The number of anilines is 2. The minimum atomic E-state index is -0.414. The van der Waals surface area contributed by atoms with E-state index in [9.17, 15) is 9.90 Å². The summed E-state index contributed by atoms with van der Waals surface area (Å²) in [5, 5.41) is 17.3. The Morgan fingerprint density at radius 1 is 1.26 bits per heavy atom. The molecule has 0 spiro atoms. The van der Waals surface area contributed by atoms with E-state index in [4.69, 9.17) is 15.2 Å². The number of nitrogens with one attached hydrogen (secondary N) is 1. The molecule has 11 heteroatoms. The Kier molecular flexibility index (Phi) is 5.48. The van der Waals surface area contributed by atoms with Crippen molar-refractivity contribution in [2.45, 2.75) is 45.7 Å². The van der Waals surface area contributed by atoms with E-state index < -0.39 is 6.04 Å². The molecule has 1 aliphatic rings. The van der Waals surface area contributed by atoms with E-state index in [2.05, 4.69) is 25.4 Å². The molecule has 11 nitrogen and oxygen atoms in total. The number of rotatable bonds is 6. The standard InChI is InChI=1S/C23H26N8O3/c1-11-5-4-6-16-17(11)23(33)31(15-7-14(8-15)9-32)21(29-16)12(2)27-20-18(19(24)25-10-26-20)22-28-13(3)30-34-22/h4-6,10,12,14-15,32H,7-9H2,1-3H3,(H3,24,25,26,27)/t12-,14?,15?/m0/s1. The SMILES string of the molecule is Cc1noc(-c2c(N)ncnc2N[C@@H](C)c2nc3cccc(C)c3c(=O)n2C2CC(CO)C2)n1. The minimum absolute atomic E-state index is 0.0334. The summed E-state index contributed by atoms with van der Waals surface area (Å²) in [6.45, 7) is 5.64. The van der Waals surface area contributed by atoms with Crippen LogP contribution in [0.3, 0.4) is 0 Å². The van der Waals surface area contributed by atoms with Crippen molar-refractivity contribution in [2.24, 2.45) is 5.92 Å². The Labute approximate surface area is 195 Å². The van der Waals surface area contributed by atoms with Crippen molar-refractivity contribution >= 4 is 22.5 Å². The van der Waals surface area contributed by atoms with Crippen LogP contribution >= 0.6 is 0 Å². The second-order valence-electron chi connectivity index (χ2n) is 8.78. The molecule has 0 radical (unpaired) electrons. The molecular formula is C23H26N8O3. The Bertz CT molecular complexity index is 1420. The first-order valence-electron chi connectivity index (χ1n) is 11.2. The van der Waals surface area contributed by atoms with Gasteiger partial charge < -0.3 is 20.7 Å². The fourth-order valence-corrected chi connectivity index (χ4v) is 4.53. The van der Waals surface area contributed by atoms with Gasteiger partial charge >= 0.3 is 0 Å². The Morgan fingerprint density at radius 3 is 2.76 bits per heavy atom. The third kappa shape index (κ3) is 3.67. The zero-order valence-electron chi connectivity index (χ0n) is 19.2. The Morgan fingerprint density at radius 2 is 2.06 bits per heavy atom. The van der Waals surface area contributed by atoms with Crippen molar-refractivity contribution in [1.29, 1.82) is 0 Å². The van der Waals surface area contributed by atoms with Gasteiger partial charge in [0.2, 0.25) is 0 Å². The number of nitrogens with zero attached hydrogens (tertiary/aromatic N) is 6. The number of aliphatic hydroxyl groups is 1. The maximum atomic E-state index is 13.7. The average molecular weight is 463 g/mol. The van der Waals surface area contributed by atoms with Gasteiger partial charge in [-0.2, -0.15) is 4.98 Å². The molecule has 4 N–H and O–H groups in total. The normalized spacial score (nSPS) is 18.6. The molecule has 0 unspecified atom stereocenters. The number of aromatic nitrogens is 6. The lowest BCUT2D eigenvalue weighted by molar-refractivity contribution is 0.108. The summed E-state index contributed by atoms with van der Waals surface area (Å²) in [6.07, 6.45) is 2.80. The second-order valence-corrected chi connectivity index (χ2v) is 8.78. The average Bonchev–Trinajstić information content (AvgIpc) is 3.20. The first-order valence-corrected chi connectivity index (χ1v) is 11.2. The molecule has 1 fully saturated rings. The van der Waals surface area contributed by atoms with Crippen LogP contribution in [0.15, 0.2) is 33.8 Å². The number of aliphatic hydroxyl groups excluding tert-OH is 1. The number of benzene rings is 1. The van der Waals surface area contributed by atoms with E-state index in [1.807, 2.05) is 32.0 Å². The van der Waals surface area contributed by atoms with Gasteiger partial charge in [0.25, 0.3) is 11.4 Å². The lowest BCUT2D eigenvalue weighted by Gasteiger charge is -2.37. The summed E-state index contributed by atoms with van der Waals surface area (Å²) in [5.41, 5.74) is 7.95. The molecular weight excluding hydrogens is 436 g/mol. The molecule has 1 aromatic carbocycles. The number of hydrogen-bond acceptors (Lipinski definition) is 10. The highest BCUT2D eigenvalue weighted by atomic mass is 16.5. The molecule has 0 amide bonds. The molecule has 1 atom stereocenters. The number of fused-ring (bicyclic) bond motifs is 1. The number of aryl methyl sites for hydroxylation is 2. The van der Waals surface area contributed by atoms with Crippen molar-refractivity contribution in [2.75, 3.05) is 17.7 Å². The summed E-state index contributed by atoms with van der Waals surface area (Å²) in [6, 6.07) is 5.20. The maximum Gasteiger partial charge on any atom is 0.265 e. The van der Waals surface area contributed by atoms with Crippen LogP contribution in [-0.2, 0) is 0 Å². The monoisotopic (exact) mass is 462 g/mol. The van der Waals surface area contributed by atoms with E-state index in [1.54, 1.807) is 11.5 Å². The molecule has 1 saturated carbocycles. The molecule has 1 aliphatic carbocycles. The summed E-state index contributed by atoms with van der Waals surface area (Å²) in [5.74, 6) is 2.02. The van der Waals surface area contributed by atoms with E-state index in [0.29, 0.717) is 33.9 Å². The van der Waals surface area contributed by atoms with E-state index in [1.165, 1.54) is 6.33 Å². The predicted octanol–water partition coefficient (Wildman–Crippen LogP) is 2.55. The van der Waals surface area contributed by atoms with E-state index in [0.717, 1.165) is 18.4 Å². The van der Waals surface area contributed by atoms with Crippen LogP contribution in [0.25, 0.3) is 22.4 Å². The van der Waals surface area contributed by atoms with Crippen LogP contribution in [0.1, 0.15) is 49.1 Å². The number of hydrogen-bond donors (Lipinski definition) is 3. The lowest BCUT2D eigenvalue weighted by Crippen LogP contribution is -2.39. The second kappa shape index (κ2) is 8.49. The molecule has 34 heavy (non-hydrogen) atoms. The molecule has 0 saturated heterocycles. The van der Waals surface area contributed by atoms with Gasteiger partial charge in [-0.15, -0.1) is 0 Å². The van der Waals surface area contributed by atoms with Gasteiger partial charge in [-0.1, -0.05) is 17.3 Å². The van der Waals surface area contributed by atoms with Gasteiger partial charge in [0.1, 0.15) is 29.4 Å². The molecule has 176 valence electrons. The van der Waals surface area contributed by atoms with Crippen molar-refractivity contribution in [1.82, 2.24) is 29.7 Å². The molecule has 3 heterocycles. The van der Waals surface area contributed by atoms with Gasteiger partial charge in [-0.05, 0) is 51.2 Å². The van der Waals surface area contributed by atoms with Crippen molar-refractivity contribution < 1.29 is 9.63 Å². The van der Waals surface area contributed by atoms with Gasteiger partial charge in [0.05, 0.1) is 16.9 Å². The molecule has 5 rings (SSSR count). The lowest BCUT2D eigenvalue weighted by atomic mass is 9.80. The fraction of sp³-hybridized carbons (Fsp3) is 0.391. The maximum absolute atomic E-state index is 13.7. The quantitative estimate of drug-likeness (QED) is 0.389. The van der Waals surface area contributed by atoms with Gasteiger partial charge in [-0.25, -0.2) is 15.0 Å². The molecule has 3 aromatic heterocycles. The van der Waals surface area contributed by atoms with Crippen LogP contribution in [-0.4, -0.2) is 41.4 Å². The van der Waals surface area contributed by atoms with Crippen LogP contribution < -0.4 is 16.6 Å². The predicted molar refractivity (Wildman–Crippen MR) is 126 cm³/mol. The van der Waals surface area contributed by atoms with Crippen LogP contribution in [0.2, 0.25) is 0 Å². The Hall–Kier alpha value is -3.86. The number of nitrogen functional groups attached to an aromatic ring is 1. The summed E-state index contributed by atoms with van der Waals surface area (Å²) in [7, 11) is 0. The highest BCUT2D eigenvalue weighted by Gasteiger charge is 2.34. The van der Waals surface area contributed by atoms with E-state index in [-0.39, 0.29) is 35.8 Å². The van der Waals surface area contributed by atoms with Crippen LogP contribution in [0.5, 0.6) is 0 Å². The summed E-state index contributed by atoms with van der Waals surface area (Å²) in [4.78, 5) is 31.2. The van der Waals surface area contributed by atoms with Gasteiger partial charge in [0, 0.05) is 12.6 Å². The first-order chi connectivity index (χ1) is 16.4. The first kappa shape index (κ1) is 22.0. The minimum Gasteiger partial charge on any atom is -0.396 e. The Balaban J connectivity index is 1.60. The molecule has 0 bridgehead atoms. The van der Waals surface area contributed by atoms with E-state index >= 15 is 0 Å². The molecule has 4 aromatic rings. The molecule has 0 aliphatic heterocycles. The smallest absolute Gasteiger partial charge is 0.265 e. The highest BCUT2D eigenvalue weighted by molar-refractivity contribution is 5.81. The summed E-state index contributed by atoms with van der Waals surface area (Å²) >= 11 is 0. The van der Waals surface area contributed by atoms with Gasteiger partial charge in [-0.3, -0.25) is 9.36 Å². The zero-order chi connectivity index (χ0) is 24.0. The third-order valence-corrected chi connectivity index (χ3v) is 6.36. The van der Waals surface area contributed by atoms with Crippen molar-refractivity contribution in [3.63, 3.8) is 0 Å². The van der Waals surface area contributed by atoms with Crippen LogP contribution in [0.4, 0.5) is 11.6 Å². The number of nitrogens with two attached hydrogens (primary N) is 1. The fourth-order valence-electron chi connectivity index (χ4n) is 4.53.